The van der Waals surface area contributed by atoms with Crippen molar-refractivity contribution in [3.63, 3.8) is 0 Å². The number of hydrogen-bond donors (Lipinski definition) is 2. The molecular formula is C14H11F3N2O3. The van der Waals surface area contributed by atoms with Gasteiger partial charge in [-0.2, -0.15) is 0 Å². The lowest BCUT2D eigenvalue weighted by Gasteiger charge is -2.16. The number of nitrogens with zero attached hydrogens (tertiary/aromatic N) is 1. The quantitative estimate of drug-likeness (QED) is 0.832. The summed E-state index contributed by atoms with van der Waals surface area (Å²) in [6.07, 6.45) is -0.169. The SMILES string of the molecule is Cc1c(F)c(F)c(N)c2c(=O)c(C(=O)O)cn([C@@H]3C[C@@H]3F)c12. The smallest absolute Gasteiger partial charge is 0.341 e. The predicted octanol–water partition coefficient (Wildman–Crippen LogP) is 2.15. The molecule has 0 aliphatic heterocycles. The van der Waals surface area contributed by atoms with Gasteiger partial charge in [0.1, 0.15) is 11.7 Å². The van der Waals surface area contributed by atoms with Crippen molar-refractivity contribution in [3.8, 4) is 0 Å². The van der Waals surface area contributed by atoms with Gasteiger partial charge in [-0.15, -0.1) is 0 Å². The maximum atomic E-state index is 13.9. The van der Waals surface area contributed by atoms with Crippen molar-refractivity contribution in [3.05, 3.63) is 39.2 Å². The fourth-order valence-electron chi connectivity index (χ4n) is 2.62. The Kier molecular flexibility index (Phi) is 2.95. The molecule has 8 heteroatoms. The van der Waals surface area contributed by atoms with Gasteiger partial charge in [0.05, 0.1) is 22.6 Å². The van der Waals surface area contributed by atoms with Crippen LogP contribution in [0, 0.1) is 18.6 Å². The minimum atomic E-state index is -1.54. The number of carboxylic acids is 1. The van der Waals surface area contributed by atoms with Crippen LogP contribution in [-0.4, -0.2) is 21.8 Å². The first kappa shape index (κ1) is 14.4. The molecule has 1 fully saturated rings. The van der Waals surface area contributed by atoms with Crippen molar-refractivity contribution in [1.29, 1.82) is 0 Å². The van der Waals surface area contributed by atoms with E-state index in [-0.39, 0.29) is 17.5 Å². The molecular weight excluding hydrogens is 301 g/mol. The second kappa shape index (κ2) is 4.49. The fraction of sp³-hybridized carbons (Fsp3) is 0.286. The zero-order valence-corrected chi connectivity index (χ0v) is 11.4. The average Bonchev–Trinajstić information content (AvgIpc) is 3.18. The van der Waals surface area contributed by atoms with Gasteiger partial charge >= 0.3 is 5.97 Å². The molecule has 0 saturated heterocycles. The molecule has 0 unspecified atom stereocenters. The monoisotopic (exact) mass is 312 g/mol. The van der Waals surface area contributed by atoms with Gasteiger partial charge in [-0.25, -0.2) is 18.0 Å². The van der Waals surface area contributed by atoms with Gasteiger partial charge in [0.2, 0.25) is 5.43 Å². The summed E-state index contributed by atoms with van der Waals surface area (Å²) in [7, 11) is 0. The molecule has 3 rings (SSSR count). The number of benzene rings is 1. The molecule has 1 aliphatic rings. The normalized spacial score (nSPS) is 20.4. The zero-order valence-electron chi connectivity index (χ0n) is 11.4. The minimum Gasteiger partial charge on any atom is -0.477 e. The number of halogens is 3. The van der Waals surface area contributed by atoms with Crippen LogP contribution in [-0.2, 0) is 0 Å². The van der Waals surface area contributed by atoms with Gasteiger partial charge in [0.15, 0.2) is 11.6 Å². The maximum Gasteiger partial charge on any atom is 0.341 e. The number of hydrogen-bond acceptors (Lipinski definition) is 3. The molecule has 0 bridgehead atoms. The second-order valence-corrected chi connectivity index (χ2v) is 5.29. The molecule has 3 N–H and O–H groups in total. The van der Waals surface area contributed by atoms with E-state index in [1.807, 2.05) is 0 Å². The predicted molar refractivity (Wildman–Crippen MR) is 72.8 cm³/mol. The molecule has 2 aromatic rings. The van der Waals surface area contributed by atoms with E-state index in [1.165, 1.54) is 11.5 Å². The number of carboxylic acid groups (broad SMARTS) is 1. The van der Waals surface area contributed by atoms with Crippen LogP contribution in [0.1, 0.15) is 28.4 Å². The van der Waals surface area contributed by atoms with Crippen LogP contribution >= 0.6 is 0 Å². The molecule has 1 saturated carbocycles. The van der Waals surface area contributed by atoms with Crippen LogP contribution in [0.2, 0.25) is 0 Å². The van der Waals surface area contributed by atoms with E-state index in [2.05, 4.69) is 0 Å². The Morgan fingerprint density at radius 3 is 2.50 bits per heavy atom. The highest BCUT2D eigenvalue weighted by molar-refractivity contribution is 5.98. The molecule has 0 spiro atoms. The molecule has 116 valence electrons. The van der Waals surface area contributed by atoms with Gasteiger partial charge in [0, 0.05) is 18.2 Å². The van der Waals surface area contributed by atoms with Crippen LogP contribution in [0.25, 0.3) is 10.9 Å². The van der Waals surface area contributed by atoms with Gasteiger partial charge in [0.25, 0.3) is 0 Å². The number of nitrogens with two attached hydrogens (primary N) is 1. The Morgan fingerprint density at radius 2 is 2.00 bits per heavy atom. The Hall–Kier alpha value is -2.51. The summed E-state index contributed by atoms with van der Waals surface area (Å²) in [6.45, 7) is 1.23. The molecule has 1 heterocycles. The highest BCUT2D eigenvalue weighted by Crippen LogP contribution is 2.42. The van der Waals surface area contributed by atoms with Gasteiger partial charge < -0.3 is 15.4 Å². The maximum absolute atomic E-state index is 13.9. The van der Waals surface area contributed by atoms with E-state index in [1.54, 1.807) is 0 Å². The van der Waals surface area contributed by atoms with Crippen molar-refractivity contribution < 1.29 is 23.1 Å². The first-order valence-corrected chi connectivity index (χ1v) is 6.45. The van der Waals surface area contributed by atoms with Gasteiger partial charge in [-0.1, -0.05) is 0 Å². The molecule has 1 aromatic heterocycles. The standard InChI is InChI=1S/C14H11F3N2O3/c1-4-9(16)10(17)11(18)8-12(4)19(7-2-6(7)15)3-5(13(8)20)14(21)22/h3,6-7H,2,18H2,1H3,(H,21,22)/t6-,7+/m0/s1. The largest absolute Gasteiger partial charge is 0.477 e. The summed E-state index contributed by atoms with van der Waals surface area (Å²) in [6, 6.07) is -0.718. The molecule has 1 aromatic carbocycles. The van der Waals surface area contributed by atoms with Crippen molar-refractivity contribution in [2.24, 2.45) is 0 Å². The lowest BCUT2D eigenvalue weighted by atomic mass is 10.0. The zero-order chi connectivity index (χ0) is 16.3. The Morgan fingerprint density at radius 1 is 1.41 bits per heavy atom. The van der Waals surface area contributed by atoms with Crippen molar-refractivity contribution in [2.75, 3.05) is 5.73 Å². The van der Waals surface area contributed by atoms with Crippen LogP contribution < -0.4 is 11.2 Å². The number of aromatic nitrogens is 1. The van der Waals surface area contributed by atoms with Crippen LogP contribution in [0.5, 0.6) is 0 Å². The molecule has 1 aliphatic carbocycles. The number of aryl methyl sites for hydroxylation is 1. The van der Waals surface area contributed by atoms with Crippen molar-refractivity contribution in [1.82, 2.24) is 4.57 Å². The summed E-state index contributed by atoms with van der Waals surface area (Å²) in [5.41, 5.74) is 2.73. The van der Waals surface area contributed by atoms with E-state index >= 15 is 0 Å². The first-order chi connectivity index (χ1) is 10.3. The average molecular weight is 312 g/mol. The summed E-state index contributed by atoms with van der Waals surface area (Å²) < 4.78 is 42.2. The third kappa shape index (κ3) is 1.79. The molecule has 22 heavy (non-hydrogen) atoms. The van der Waals surface area contributed by atoms with Crippen LogP contribution in [0.15, 0.2) is 11.0 Å². The van der Waals surface area contributed by atoms with E-state index in [0.717, 1.165) is 6.20 Å². The van der Waals surface area contributed by atoms with Gasteiger partial charge in [-0.3, -0.25) is 4.79 Å². The Bertz CT molecular complexity index is 892. The fourth-order valence-corrected chi connectivity index (χ4v) is 2.62. The minimum absolute atomic E-state index is 0.0726. The lowest BCUT2D eigenvalue weighted by Crippen LogP contribution is -2.21. The number of alkyl halides is 1. The number of aromatic carboxylic acids is 1. The van der Waals surface area contributed by atoms with E-state index in [0.29, 0.717) is 0 Å². The van der Waals surface area contributed by atoms with Crippen molar-refractivity contribution >= 4 is 22.6 Å². The number of fused-ring (bicyclic) bond motifs is 1. The number of nitrogen functional groups attached to an aromatic ring is 1. The number of anilines is 1. The van der Waals surface area contributed by atoms with Crippen molar-refractivity contribution in [2.45, 2.75) is 25.6 Å². The lowest BCUT2D eigenvalue weighted by molar-refractivity contribution is 0.0694. The highest BCUT2D eigenvalue weighted by Gasteiger charge is 2.41. The van der Waals surface area contributed by atoms with E-state index < -0.39 is 51.9 Å². The number of rotatable bonds is 2. The van der Waals surface area contributed by atoms with Crippen LogP contribution in [0.4, 0.5) is 18.9 Å². The summed E-state index contributed by atoms with van der Waals surface area (Å²) in [4.78, 5) is 23.4. The second-order valence-electron chi connectivity index (χ2n) is 5.29. The van der Waals surface area contributed by atoms with Crippen LogP contribution in [0.3, 0.4) is 0 Å². The third-order valence-corrected chi connectivity index (χ3v) is 3.89. The first-order valence-electron chi connectivity index (χ1n) is 6.45. The highest BCUT2D eigenvalue weighted by atomic mass is 19.2. The van der Waals surface area contributed by atoms with E-state index in [4.69, 9.17) is 10.8 Å². The summed E-state index contributed by atoms with van der Waals surface area (Å²) in [5.74, 6) is -4.19. The Balaban J connectivity index is 2.56. The molecule has 5 nitrogen and oxygen atoms in total. The topological polar surface area (TPSA) is 85.3 Å². The van der Waals surface area contributed by atoms with E-state index in [9.17, 15) is 22.8 Å². The summed E-state index contributed by atoms with van der Waals surface area (Å²) in [5, 5.41) is 8.65. The number of carbonyl (C=O) groups is 1. The van der Waals surface area contributed by atoms with Gasteiger partial charge in [-0.05, 0) is 6.92 Å². The Labute approximate surface area is 121 Å². The molecule has 2 atom stereocenters. The summed E-state index contributed by atoms with van der Waals surface area (Å²) >= 11 is 0. The third-order valence-electron chi connectivity index (χ3n) is 3.89. The number of pyridine rings is 1. The molecule has 0 radical (unpaired) electrons. The molecule has 0 amide bonds.